The van der Waals surface area contributed by atoms with E-state index in [1.54, 1.807) is 0 Å². The molecule has 7 rings (SSSR count). The maximum absolute atomic E-state index is 14.5. The third kappa shape index (κ3) is 11.4. The quantitative estimate of drug-likeness (QED) is 0.0617. The van der Waals surface area contributed by atoms with Crippen molar-refractivity contribution in [1.82, 2.24) is 0 Å². The Hall–Kier alpha value is -3.81. The highest BCUT2D eigenvalue weighted by Crippen LogP contribution is 2.43. The number of para-hydroxylation sites is 1. The lowest BCUT2D eigenvalue weighted by atomic mass is 9.98. The smallest absolute Gasteiger partial charge is 0.346 e. The Morgan fingerprint density at radius 3 is 1.78 bits per heavy atom. The van der Waals surface area contributed by atoms with Gasteiger partial charge in [-0.05, 0) is 18.2 Å². The predicted molar refractivity (Wildman–Crippen MR) is 225 cm³/mol. The van der Waals surface area contributed by atoms with Crippen LogP contribution >= 0.6 is 0 Å². The van der Waals surface area contributed by atoms with E-state index in [0.29, 0.717) is 0 Å². The molecule has 0 amide bonds. The van der Waals surface area contributed by atoms with Crippen LogP contribution in [-0.2, 0) is 44.5 Å². The van der Waals surface area contributed by atoms with Crippen LogP contribution in [0.4, 0.5) is 0 Å². The van der Waals surface area contributed by atoms with E-state index in [4.69, 9.17) is 56.8 Å². The van der Waals surface area contributed by atoms with Gasteiger partial charge in [0.2, 0.25) is 18.9 Å². The van der Waals surface area contributed by atoms with E-state index in [1.165, 1.54) is 24.3 Å². The molecule has 0 aromatic heterocycles. The van der Waals surface area contributed by atoms with Crippen LogP contribution in [0, 0.1) is 0 Å². The molecule has 0 radical (unpaired) electrons. The van der Waals surface area contributed by atoms with Crippen molar-refractivity contribution in [2.24, 2.45) is 0 Å². The maximum Gasteiger partial charge on any atom is 0.346 e. The molecule has 5 saturated heterocycles. The fourth-order valence-electron chi connectivity index (χ4n) is 8.34. The fraction of sp³-hybridized carbons (Fsp3) is 0.698. The summed E-state index contributed by atoms with van der Waals surface area (Å²) in [6, 6.07) is 8.02. The zero-order valence-corrected chi connectivity index (χ0v) is 38.0. The third-order valence-electron chi connectivity index (χ3n) is 12.7. The molecule has 406 valence electrons. The Kier molecular flexibility index (Phi) is 18.5. The number of benzene rings is 2. The molecule has 0 aliphatic carbocycles. The van der Waals surface area contributed by atoms with Crippen LogP contribution in [0.15, 0.2) is 36.4 Å². The molecule has 0 saturated carbocycles. The van der Waals surface area contributed by atoms with Gasteiger partial charge in [0.25, 0.3) is 0 Å². The molecule has 16 N–H and O–H groups in total. The largest absolute Gasteiger partial charge is 0.496 e. The Balaban J connectivity index is 1.22. The van der Waals surface area contributed by atoms with E-state index in [-0.39, 0.29) is 17.1 Å². The van der Waals surface area contributed by atoms with Crippen molar-refractivity contribution in [3.8, 4) is 23.0 Å². The minimum Gasteiger partial charge on any atom is -0.496 e. The number of carbonyl (C=O) groups excluding carboxylic acids is 1. The molecule has 0 spiro atoms. The molecule has 2 aromatic rings. The summed E-state index contributed by atoms with van der Waals surface area (Å²) in [6.07, 6.45) is -38.4. The van der Waals surface area contributed by atoms with Gasteiger partial charge in [-0.3, -0.25) is 0 Å². The first-order chi connectivity index (χ1) is 34.3. The minimum atomic E-state index is -2.16. The molecule has 72 heavy (non-hydrogen) atoms. The molecule has 22 atom stereocenters. The zero-order valence-electron chi connectivity index (χ0n) is 38.0. The van der Waals surface area contributed by atoms with E-state index in [0.717, 1.165) is 19.2 Å². The molecule has 5 heterocycles. The van der Waals surface area contributed by atoms with E-state index < -0.39 is 204 Å². The molecule has 0 bridgehead atoms. The average molecular weight is 1040 g/mol. The summed E-state index contributed by atoms with van der Waals surface area (Å²) in [6.45, 7) is -5.48. The Bertz CT molecular complexity index is 2080. The van der Waals surface area contributed by atoms with E-state index in [2.05, 4.69) is 0 Å². The fourth-order valence-corrected chi connectivity index (χ4v) is 8.34. The van der Waals surface area contributed by atoms with Gasteiger partial charge in [-0.1, -0.05) is 18.2 Å². The van der Waals surface area contributed by atoms with E-state index in [9.17, 15) is 86.5 Å². The highest BCUT2D eigenvalue weighted by molar-refractivity contribution is 5.96. The monoisotopic (exact) mass is 1040 g/mol. The number of carbonyl (C=O) groups is 1. The van der Waals surface area contributed by atoms with Gasteiger partial charge in [-0.15, -0.1) is 0 Å². The first kappa shape index (κ1) is 55.9. The summed E-state index contributed by atoms with van der Waals surface area (Å²) in [5.74, 6) is -3.09. The SMILES string of the molecule is COc1ccc(O[C@@H]2O[C@H](CO)[C@@H](O[C@@H]3OC[C@](O)(CO)[C@H]3O)[C@H](O)[C@H]2O)c(O[C@@H]2O[C@H](CO)[C@@H](O)[C@H](O)[C@H]2O[C@@H]2OC[C@H](O)[C@H](O)[C@H]2O)c1C(=O)OCc1ccccc1O[C@@H]1O[C@H](CO)[C@@H](O)[C@H](O)[C@H]1O. The van der Waals surface area contributed by atoms with Crippen molar-refractivity contribution in [2.75, 3.05) is 46.8 Å². The van der Waals surface area contributed by atoms with Gasteiger partial charge in [-0.2, -0.15) is 0 Å². The number of aliphatic hydroxyl groups excluding tert-OH is 15. The highest BCUT2D eigenvalue weighted by Gasteiger charge is 2.55. The summed E-state index contributed by atoms with van der Waals surface area (Å²) in [5.41, 5.74) is -2.74. The van der Waals surface area contributed by atoms with E-state index in [1.807, 2.05) is 0 Å². The average Bonchev–Trinajstić information content (AvgIpc) is 3.67. The predicted octanol–water partition coefficient (Wildman–Crippen LogP) is -8.48. The lowest BCUT2D eigenvalue weighted by Gasteiger charge is -2.45. The number of hydrogen-bond acceptors (Lipinski definition) is 29. The van der Waals surface area contributed by atoms with Crippen LogP contribution in [-0.4, -0.2) is 269 Å². The maximum atomic E-state index is 14.5. The topological polar surface area (TPSA) is 452 Å². The molecule has 5 aliphatic rings. The second-order valence-corrected chi connectivity index (χ2v) is 17.5. The van der Waals surface area contributed by atoms with Crippen molar-refractivity contribution in [3.05, 3.63) is 47.5 Å². The van der Waals surface area contributed by atoms with Crippen LogP contribution < -0.4 is 18.9 Å². The molecule has 0 unspecified atom stereocenters. The molecular formula is C43H60O29. The Morgan fingerprint density at radius 2 is 1.14 bits per heavy atom. The first-order valence-electron chi connectivity index (χ1n) is 22.4. The molecule has 5 aliphatic heterocycles. The van der Waals surface area contributed by atoms with Gasteiger partial charge < -0.3 is 139 Å². The highest BCUT2D eigenvalue weighted by atomic mass is 16.8. The van der Waals surface area contributed by atoms with Gasteiger partial charge in [0.05, 0.1) is 46.8 Å². The summed E-state index contributed by atoms with van der Waals surface area (Å²) in [5, 5.41) is 168. The second-order valence-electron chi connectivity index (χ2n) is 17.5. The van der Waals surface area contributed by atoms with Gasteiger partial charge in [0.15, 0.2) is 30.2 Å². The van der Waals surface area contributed by atoms with Crippen molar-refractivity contribution in [2.45, 2.75) is 141 Å². The van der Waals surface area contributed by atoms with Crippen molar-refractivity contribution in [1.29, 1.82) is 0 Å². The molecule has 5 fully saturated rings. The Morgan fingerprint density at radius 1 is 0.583 bits per heavy atom. The molecule has 2 aromatic carbocycles. The lowest BCUT2D eigenvalue weighted by molar-refractivity contribution is -0.345. The third-order valence-corrected chi connectivity index (χ3v) is 12.7. The van der Waals surface area contributed by atoms with Gasteiger partial charge in [-0.25, -0.2) is 4.79 Å². The second kappa shape index (κ2) is 23.8. The number of aliphatic hydroxyl groups is 16. The first-order valence-corrected chi connectivity index (χ1v) is 22.4. The number of ether oxygens (including phenoxy) is 12. The van der Waals surface area contributed by atoms with Crippen LogP contribution in [0.1, 0.15) is 15.9 Å². The van der Waals surface area contributed by atoms with Gasteiger partial charge in [0.1, 0.15) is 121 Å². The molecule has 29 heteroatoms. The molecule has 29 nitrogen and oxygen atoms in total. The van der Waals surface area contributed by atoms with Gasteiger partial charge >= 0.3 is 5.97 Å². The van der Waals surface area contributed by atoms with Crippen LogP contribution in [0.25, 0.3) is 0 Å². The zero-order chi connectivity index (χ0) is 52.3. The van der Waals surface area contributed by atoms with Crippen molar-refractivity contribution in [3.63, 3.8) is 0 Å². The number of rotatable bonds is 18. The van der Waals surface area contributed by atoms with Crippen LogP contribution in [0.5, 0.6) is 23.0 Å². The van der Waals surface area contributed by atoms with Gasteiger partial charge in [0, 0.05) is 5.56 Å². The molecular weight excluding hydrogens is 980 g/mol. The normalized spacial score (nSPS) is 41.4. The minimum absolute atomic E-state index is 0.0844. The van der Waals surface area contributed by atoms with E-state index >= 15 is 0 Å². The standard InChI is InChI=1S/C43H60O29/c1-61-18-6-7-19(66-40-32(57)29(54)34(22(10-46)69-40)71-42-36(58)43(60,13-47)14-64-42)33(70-41-35(28(53)26(51)21(9-45)68-41)72-38-30(55)24(49)16(48)12-63-38)23(18)37(59)62-11-15-4-2-3-5-17(15)65-39-31(56)27(52)25(50)20(8-44)67-39/h2-7,16,20-22,24-32,34-36,38-42,44-58,60H,8-14H2,1H3/t16-,20+,21+,22+,24-,25+,26+,27-,28-,29+,30+,31+,32+,34+,35+,36-,38-,39+,40+,41-,42-,43+/m0/s1. The summed E-state index contributed by atoms with van der Waals surface area (Å²) >= 11 is 0. The summed E-state index contributed by atoms with van der Waals surface area (Å²) in [4.78, 5) is 14.5. The van der Waals surface area contributed by atoms with Crippen molar-refractivity contribution >= 4 is 5.97 Å². The van der Waals surface area contributed by atoms with Crippen LogP contribution in [0.3, 0.4) is 0 Å². The number of hydrogen-bond donors (Lipinski definition) is 16. The number of methoxy groups -OCH3 is 1. The Labute approximate surface area is 407 Å². The van der Waals surface area contributed by atoms with Crippen LogP contribution in [0.2, 0.25) is 0 Å². The summed E-state index contributed by atoms with van der Waals surface area (Å²) in [7, 11) is 1.12. The lowest BCUT2D eigenvalue weighted by Crippen LogP contribution is -2.64. The number of esters is 1. The van der Waals surface area contributed by atoms with Crippen molar-refractivity contribution < 1.29 is 143 Å². The summed E-state index contributed by atoms with van der Waals surface area (Å²) < 4.78 is 68.3.